The fourth-order valence-electron chi connectivity index (χ4n) is 1.77. The van der Waals surface area contributed by atoms with Crippen LogP contribution in [0.3, 0.4) is 0 Å². The molecule has 0 aliphatic carbocycles. The molecule has 1 fully saturated rings. The predicted molar refractivity (Wildman–Crippen MR) is 69.1 cm³/mol. The highest BCUT2D eigenvalue weighted by molar-refractivity contribution is 4.65. The van der Waals surface area contributed by atoms with Crippen LogP contribution < -0.4 is 16.0 Å². The lowest BCUT2D eigenvalue weighted by Gasteiger charge is -2.22. The van der Waals surface area contributed by atoms with E-state index in [0.717, 1.165) is 58.9 Å². The van der Waals surface area contributed by atoms with Crippen LogP contribution in [0.15, 0.2) is 5.11 Å². The van der Waals surface area contributed by atoms with E-state index in [1.165, 1.54) is 0 Å². The first-order valence-electron chi connectivity index (χ1n) is 6.29. The van der Waals surface area contributed by atoms with Crippen LogP contribution in [0.25, 0.3) is 10.4 Å². The molecule has 0 bridgehead atoms. The van der Waals surface area contributed by atoms with Crippen molar-refractivity contribution in [1.82, 2.24) is 20.9 Å². The summed E-state index contributed by atoms with van der Waals surface area (Å²) in [7, 11) is 0. The first-order chi connectivity index (χ1) is 8.43. The van der Waals surface area contributed by atoms with E-state index in [1.54, 1.807) is 0 Å². The molecule has 1 saturated heterocycles. The first-order valence-corrected chi connectivity index (χ1v) is 6.29. The molecule has 1 aliphatic rings. The summed E-state index contributed by atoms with van der Waals surface area (Å²) in [4.78, 5) is 5.10. The highest BCUT2D eigenvalue weighted by atomic mass is 15.2. The Bertz CT molecular complexity index is 215. The molecule has 7 heteroatoms. The van der Waals surface area contributed by atoms with Gasteiger partial charge in [-0.05, 0) is 5.53 Å². The van der Waals surface area contributed by atoms with Gasteiger partial charge in [0, 0.05) is 70.4 Å². The molecule has 3 N–H and O–H groups in total. The van der Waals surface area contributed by atoms with Crippen molar-refractivity contribution >= 4 is 0 Å². The molecule has 0 unspecified atom stereocenters. The van der Waals surface area contributed by atoms with Crippen molar-refractivity contribution in [2.75, 3.05) is 65.4 Å². The molecule has 0 amide bonds. The number of nitrogens with one attached hydrogen (secondary N) is 3. The van der Waals surface area contributed by atoms with Crippen molar-refractivity contribution in [1.29, 1.82) is 0 Å². The lowest BCUT2D eigenvalue weighted by Crippen LogP contribution is -2.42. The van der Waals surface area contributed by atoms with E-state index in [2.05, 4.69) is 30.9 Å². The van der Waals surface area contributed by atoms with Crippen LogP contribution in [0.5, 0.6) is 0 Å². The Balaban J connectivity index is 2.24. The van der Waals surface area contributed by atoms with Crippen molar-refractivity contribution in [3.63, 3.8) is 0 Å². The van der Waals surface area contributed by atoms with Crippen LogP contribution in [0.2, 0.25) is 0 Å². The Morgan fingerprint density at radius 3 is 2.00 bits per heavy atom. The quantitative estimate of drug-likeness (QED) is 0.349. The second-order valence-electron chi connectivity index (χ2n) is 4.05. The van der Waals surface area contributed by atoms with Crippen molar-refractivity contribution in [3.05, 3.63) is 10.4 Å². The summed E-state index contributed by atoms with van der Waals surface area (Å²) in [6.45, 7) is 9.40. The first kappa shape index (κ1) is 14.2. The summed E-state index contributed by atoms with van der Waals surface area (Å²) >= 11 is 0. The molecule has 0 atom stereocenters. The third-order valence-corrected chi connectivity index (χ3v) is 2.75. The van der Waals surface area contributed by atoms with Crippen molar-refractivity contribution < 1.29 is 0 Å². The molecule has 1 heterocycles. The van der Waals surface area contributed by atoms with Crippen LogP contribution in [0.4, 0.5) is 0 Å². The molecule has 0 radical (unpaired) electrons. The lowest BCUT2D eigenvalue weighted by atomic mass is 10.4. The predicted octanol–water partition coefficient (Wildman–Crippen LogP) is -0.619. The molecule has 0 saturated carbocycles. The molecule has 0 spiro atoms. The van der Waals surface area contributed by atoms with Gasteiger partial charge < -0.3 is 20.9 Å². The maximum Gasteiger partial charge on any atom is 0.0385 e. The maximum atomic E-state index is 8.26. The molecular formula is C10H23N7. The van der Waals surface area contributed by atoms with Crippen LogP contribution >= 0.6 is 0 Å². The zero-order valence-electron chi connectivity index (χ0n) is 10.4. The number of hydrogen-bond donors (Lipinski definition) is 3. The topological polar surface area (TPSA) is 88.1 Å². The Kier molecular flexibility index (Phi) is 8.62. The van der Waals surface area contributed by atoms with Crippen LogP contribution in [0.1, 0.15) is 0 Å². The minimum absolute atomic E-state index is 0.554. The lowest BCUT2D eigenvalue weighted by molar-refractivity contribution is 0.278. The smallest absolute Gasteiger partial charge is 0.0385 e. The molecule has 7 nitrogen and oxygen atoms in total. The summed E-state index contributed by atoms with van der Waals surface area (Å²) < 4.78 is 0. The summed E-state index contributed by atoms with van der Waals surface area (Å²) in [5.41, 5.74) is 8.26. The van der Waals surface area contributed by atoms with Gasteiger partial charge in [-0.2, -0.15) is 0 Å². The normalized spacial score (nSPS) is 20.9. The van der Waals surface area contributed by atoms with Gasteiger partial charge in [0.15, 0.2) is 0 Å². The highest BCUT2D eigenvalue weighted by Gasteiger charge is 2.04. The van der Waals surface area contributed by atoms with Crippen molar-refractivity contribution in [3.8, 4) is 0 Å². The van der Waals surface area contributed by atoms with E-state index in [4.69, 9.17) is 5.53 Å². The Morgan fingerprint density at radius 2 is 1.47 bits per heavy atom. The summed E-state index contributed by atoms with van der Waals surface area (Å²) in [5.74, 6) is 0. The average molecular weight is 241 g/mol. The van der Waals surface area contributed by atoms with Gasteiger partial charge in [-0.25, -0.2) is 0 Å². The van der Waals surface area contributed by atoms with Crippen LogP contribution in [-0.4, -0.2) is 70.3 Å². The van der Waals surface area contributed by atoms with E-state index < -0.39 is 0 Å². The fourth-order valence-corrected chi connectivity index (χ4v) is 1.77. The summed E-state index contributed by atoms with van der Waals surface area (Å²) in [5, 5.41) is 13.7. The molecule has 0 aromatic heterocycles. The van der Waals surface area contributed by atoms with Gasteiger partial charge in [-0.3, -0.25) is 0 Å². The number of nitrogens with zero attached hydrogens (tertiary/aromatic N) is 4. The number of azide groups is 1. The van der Waals surface area contributed by atoms with Gasteiger partial charge in [0.1, 0.15) is 0 Å². The molecule has 17 heavy (non-hydrogen) atoms. The maximum absolute atomic E-state index is 8.26. The minimum Gasteiger partial charge on any atom is -0.314 e. The standard InChI is InChI=1S/C10H23N7/c11-16-15-7-10-17-8-5-13-3-1-12-2-4-14-6-9-17/h12-14H,1-10H2. The van der Waals surface area contributed by atoms with Crippen LogP contribution in [0, 0.1) is 0 Å². The largest absolute Gasteiger partial charge is 0.314 e. The second-order valence-corrected chi connectivity index (χ2v) is 4.05. The zero-order chi connectivity index (χ0) is 12.2. The van der Waals surface area contributed by atoms with E-state index >= 15 is 0 Å². The van der Waals surface area contributed by atoms with Gasteiger partial charge in [-0.1, -0.05) is 5.11 Å². The SMILES string of the molecule is [N-]=[N+]=NCCN1CCNCCNCCNCC1. The third kappa shape index (κ3) is 7.95. The molecule has 1 aliphatic heterocycles. The third-order valence-electron chi connectivity index (χ3n) is 2.75. The highest BCUT2D eigenvalue weighted by Crippen LogP contribution is 1.88. The van der Waals surface area contributed by atoms with Gasteiger partial charge in [0.25, 0.3) is 0 Å². The van der Waals surface area contributed by atoms with E-state index in [9.17, 15) is 0 Å². The Morgan fingerprint density at radius 1 is 0.941 bits per heavy atom. The van der Waals surface area contributed by atoms with Crippen LogP contribution in [-0.2, 0) is 0 Å². The van der Waals surface area contributed by atoms with Crippen molar-refractivity contribution in [2.45, 2.75) is 0 Å². The number of rotatable bonds is 3. The van der Waals surface area contributed by atoms with Gasteiger partial charge in [-0.15, -0.1) is 0 Å². The average Bonchev–Trinajstić information content (AvgIpc) is 2.32. The summed E-state index contributed by atoms with van der Waals surface area (Å²) in [6, 6.07) is 0. The zero-order valence-corrected chi connectivity index (χ0v) is 10.4. The van der Waals surface area contributed by atoms with E-state index in [-0.39, 0.29) is 0 Å². The monoisotopic (exact) mass is 241 g/mol. The second kappa shape index (κ2) is 10.3. The Labute approximate surface area is 103 Å². The number of hydrogen-bond acceptors (Lipinski definition) is 5. The molecule has 1 rings (SSSR count). The molecular weight excluding hydrogens is 218 g/mol. The minimum atomic E-state index is 0.554. The van der Waals surface area contributed by atoms with E-state index in [0.29, 0.717) is 6.54 Å². The van der Waals surface area contributed by atoms with Gasteiger partial charge in [0.2, 0.25) is 0 Å². The van der Waals surface area contributed by atoms with Gasteiger partial charge >= 0.3 is 0 Å². The Hall–Kier alpha value is -0.850. The summed E-state index contributed by atoms with van der Waals surface area (Å²) in [6.07, 6.45) is 0. The molecule has 0 aromatic carbocycles. The van der Waals surface area contributed by atoms with E-state index in [1.807, 2.05) is 0 Å². The fraction of sp³-hybridized carbons (Fsp3) is 1.00. The molecule has 0 aromatic rings. The van der Waals surface area contributed by atoms with Gasteiger partial charge in [0.05, 0.1) is 0 Å². The van der Waals surface area contributed by atoms with Crippen molar-refractivity contribution in [2.24, 2.45) is 5.11 Å². The molecule has 98 valence electrons.